The summed E-state index contributed by atoms with van der Waals surface area (Å²) in [4.78, 5) is 0. The van der Waals surface area contributed by atoms with E-state index in [1.165, 1.54) is 16.7 Å². The van der Waals surface area contributed by atoms with E-state index in [9.17, 15) is 0 Å². The van der Waals surface area contributed by atoms with E-state index in [0.29, 0.717) is 5.92 Å². The Labute approximate surface area is 87.4 Å². The quantitative estimate of drug-likeness (QED) is 0.629. The molecule has 0 bridgehead atoms. The van der Waals surface area contributed by atoms with E-state index in [1.54, 1.807) is 0 Å². The zero-order valence-corrected chi connectivity index (χ0v) is 9.30. The number of hydrogen-bond donors (Lipinski definition) is 0. The minimum Gasteiger partial charge on any atom is -0.119 e. The van der Waals surface area contributed by atoms with Crippen LogP contribution >= 0.6 is 0 Å². The lowest BCUT2D eigenvalue weighted by atomic mass is 9.93. The fourth-order valence-electron chi connectivity index (χ4n) is 1.62. The van der Waals surface area contributed by atoms with E-state index < -0.39 is 0 Å². The molecule has 0 N–H and O–H groups in total. The van der Waals surface area contributed by atoms with Gasteiger partial charge in [0.1, 0.15) is 0 Å². The van der Waals surface area contributed by atoms with Gasteiger partial charge in [-0.2, -0.15) is 0 Å². The second-order valence-electron chi connectivity index (χ2n) is 3.85. The third kappa shape index (κ3) is 2.39. The van der Waals surface area contributed by atoms with Gasteiger partial charge in [-0.15, -0.1) is 6.42 Å². The number of terminal acetylenes is 1. The summed E-state index contributed by atoms with van der Waals surface area (Å²) in [6.07, 6.45) is 7.75. The topological polar surface area (TPSA) is 0 Å². The molecule has 14 heavy (non-hydrogen) atoms. The van der Waals surface area contributed by atoms with Crippen LogP contribution in [0.5, 0.6) is 0 Å². The molecule has 0 saturated carbocycles. The summed E-state index contributed by atoms with van der Waals surface area (Å²) in [5, 5.41) is 0. The van der Waals surface area contributed by atoms with Crippen molar-refractivity contribution in [1.82, 2.24) is 0 Å². The molecule has 0 fully saturated rings. The molecular formula is C14H18. The molecule has 0 aromatic heterocycles. The smallest absolute Gasteiger partial charge is 0.0449 e. The highest BCUT2D eigenvalue weighted by atomic mass is 14.1. The van der Waals surface area contributed by atoms with Crippen molar-refractivity contribution in [3.63, 3.8) is 0 Å². The molecule has 0 saturated heterocycles. The Morgan fingerprint density at radius 2 is 2.00 bits per heavy atom. The Balaban J connectivity index is 2.95. The monoisotopic (exact) mass is 186 g/mol. The minimum atomic E-state index is 0.291. The molecule has 1 unspecified atom stereocenters. The Morgan fingerprint density at radius 1 is 1.29 bits per heavy atom. The van der Waals surface area contributed by atoms with Crippen molar-refractivity contribution in [1.29, 1.82) is 0 Å². The molecule has 0 nitrogen and oxygen atoms in total. The van der Waals surface area contributed by atoms with E-state index in [4.69, 9.17) is 6.42 Å². The van der Waals surface area contributed by atoms with Crippen molar-refractivity contribution in [2.24, 2.45) is 0 Å². The molecule has 0 heterocycles. The molecule has 0 spiro atoms. The maximum Gasteiger partial charge on any atom is 0.0449 e. The van der Waals surface area contributed by atoms with Gasteiger partial charge in [-0.3, -0.25) is 0 Å². The SMILES string of the molecule is C#CC(CCC)c1ccc(C)c(C)c1. The summed E-state index contributed by atoms with van der Waals surface area (Å²) in [7, 11) is 0. The van der Waals surface area contributed by atoms with E-state index in [-0.39, 0.29) is 0 Å². The lowest BCUT2D eigenvalue weighted by molar-refractivity contribution is 0.734. The third-order valence-electron chi connectivity index (χ3n) is 2.71. The van der Waals surface area contributed by atoms with Crippen molar-refractivity contribution >= 4 is 0 Å². The molecule has 0 aliphatic rings. The molecule has 0 aliphatic carbocycles. The minimum absolute atomic E-state index is 0.291. The molecular weight excluding hydrogens is 168 g/mol. The second-order valence-corrected chi connectivity index (χ2v) is 3.85. The molecule has 1 aromatic rings. The molecule has 1 aromatic carbocycles. The lowest BCUT2D eigenvalue weighted by Gasteiger charge is -2.11. The van der Waals surface area contributed by atoms with Crippen molar-refractivity contribution in [3.05, 3.63) is 34.9 Å². The molecule has 0 radical (unpaired) electrons. The first kappa shape index (κ1) is 10.9. The van der Waals surface area contributed by atoms with Crippen LogP contribution < -0.4 is 0 Å². The van der Waals surface area contributed by atoms with E-state index >= 15 is 0 Å². The fourth-order valence-corrected chi connectivity index (χ4v) is 1.62. The first-order valence-corrected chi connectivity index (χ1v) is 5.22. The third-order valence-corrected chi connectivity index (χ3v) is 2.71. The Bertz CT molecular complexity index is 342. The maximum atomic E-state index is 5.53. The molecule has 74 valence electrons. The number of benzene rings is 1. The van der Waals surface area contributed by atoms with E-state index in [0.717, 1.165) is 12.8 Å². The maximum absolute atomic E-state index is 5.53. The Morgan fingerprint density at radius 3 is 2.50 bits per heavy atom. The summed E-state index contributed by atoms with van der Waals surface area (Å²) in [5.41, 5.74) is 3.96. The van der Waals surface area contributed by atoms with Crippen LogP contribution in [0.25, 0.3) is 0 Å². The molecule has 0 aliphatic heterocycles. The van der Waals surface area contributed by atoms with Crippen LogP contribution in [0.3, 0.4) is 0 Å². The van der Waals surface area contributed by atoms with Gasteiger partial charge in [0.05, 0.1) is 0 Å². The predicted molar refractivity (Wildman–Crippen MR) is 62.4 cm³/mol. The first-order chi connectivity index (χ1) is 6.69. The fraction of sp³-hybridized carbons (Fsp3) is 0.429. The predicted octanol–water partition coefficient (Wildman–Crippen LogP) is 3.82. The van der Waals surface area contributed by atoms with Gasteiger partial charge in [0, 0.05) is 5.92 Å². The van der Waals surface area contributed by atoms with Crippen LogP contribution in [0.1, 0.15) is 42.4 Å². The van der Waals surface area contributed by atoms with Crippen LogP contribution in [-0.2, 0) is 0 Å². The average molecular weight is 186 g/mol. The van der Waals surface area contributed by atoms with Gasteiger partial charge in [-0.1, -0.05) is 37.5 Å². The Kier molecular flexibility index (Phi) is 3.77. The van der Waals surface area contributed by atoms with Crippen LogP contribution in [0.2, 0.25) is 0 Å². The largest absolute Gasteiger partial charge is 0.119 e. The second kappa shape index (κ2) is 4.86. The summed E-state index contributed by atoms with van der Waals surface area (Å²) >= 11 is 0. The number of rotatable bonds is 3. The van der Waals surface area contributed by atoms with Gasteiger partial charge >= 0.3 is 0 Å². The molecule has 1 rings (SSSR count). The molecule has 0 heteroatoms. The molecule has 1 atom stereocenters. The van der Waals surface area contributed by atoms with Crippen molar-refractivity contribution in [3.8, 4) is 12.3 Å². The molecule has 0 amide bonds. The first-order valence-electron chi connectivity index (χ1n) is 5.22. The van der Waals surface area contributed by atoms with Crippen LogP contribution in [0.15, 0.2) is 18.2 Å². The van der Waals surface area contributed by atoms with Gasteiger partial charge in [0.15, 0.2) is 0 Å². The summed E-state index contributed by atoms with van der Waals surface area (Å²) in [6, 6.07) is 6.53. The number of aryl methyl sites for hydroxylation is 2. The van der Waals surface area contributed by atoms with Gasteiger partial charge in [0.2, 0.25) is 0 Å². The van der Waals surface area contributed by atoms with E-state index in [1.807, 2.05) is 0 Å². The van der Waals surface area contributed by atoms with Crippen LogP contribution in [-0.4, -0.2) is 0 Å². The standard InChI is InChI=1S/C14H18/c1-5-7-13(6-2)14-9-8-11(3)12(4)10-14/h2,8-10,13H,5,7H2,1,3-4H3. The van der Waals surface area contributed by atoms with Crippen LogP contribution in [0, 0.1) is 26.2 Å². The van der Waals surface area contributed by atoms with Gasteiger partial charge in [-0.25, -0.2) is 0 Å². The van der Waals surface area contributed by atoms with Crippen molar-refractivity contribution in [2.75, 3.05) is 0 Å². The highest BCUT2D eigenvalue weighted by Crippen LogP contribution is 2.22. The highest BCUT2D eigenvalue weighted by Gasteiger charge is 2.07. The zero-order chi connectivity index (χ0) is 10.6. The zero-order valence-electron chi connectivity index (χ0n) is 9.30. The van der Waals surface area contributed by atoms with Crippen LogP contribution in [0.4, 0.5) is 0 Å². The normalized spacial score (nSPS) is 12.1. The van der Waals surface area contributed by atoms with Gasteiger partial charge < -0.3 is 0 Å². The number of hydrogen-bond acceptors (Lipinski definition) is 0. The summed E-state index contributed by atoms with van der Waals surface area (Å²) < 4.78 is 0. The highest BCUT2D eigenvalue weighted by molar-refractivity contribution is 5.34. The van der Waals surface area contributed by atoms with Gasteiger partial charge in [0.25, 0.3) is 0 Å². The van der Waals surface area contributed by atoms with Crippen molar-refractivity contribution in [2.45, 2.75) is 39.5 Å². The average Bonchev–Trinajstić information content (AvgIpc) is 2.19. The summed E-state index contributed by atoms with van der Waals surface area (Å²) in [5.74, 6) is 3.16. The lowest BCUT2D eigenvalue weighted by Crippen LogP contribution is -1.96. The van der Waals surface area contributed by atoms with E-state index in [2.05, 4.69) is 44.9 Å². The Hall–Kier alpha value is -1.22. The summed E-state index contributed by atoms with van der Waals surface area (Å²) in [6.45, 7) is 6.44. The van der Waals surface area contributed by atoms with Crippen molar-refractivity contribution < 1.29 is 0 Å². The van der Waals surface area contributed by atoms with Gasteiger partial charge in [-0.05, 0) is 37.0 Å².